The minimum atomic E-state index is -2.84. The van der Waals surface area contributed by atoms with Crippen LogP contribution in [0.4, 0.5) is 8.78 Å². The van der Waals surface area contributed by atoms with Crippen molar-refractivity contribution in [2.24, 2.45) is 11.7 Å². The van der Waals surface area contributed by atoms with E-state index in [9.17, 15) is 8.78 Å². The molecule has 106 valence electrons. The highest BCUT2D eigenvalue weighted by Gasteiger charge is 2.32. The summed E-state index contributed by atoms with van der Waals surface area (Å²) in [5, 5.41) is 3.86. The molecule has 5 nitrogen and oxygen atoms in total. The molecule has 3 rings (SSSR count). The zero-order valence-corrected chi connectivity index (χ0v) is 10.5. The van der Waals surface area contributed by atoms with Crippen molar-refractivity contribution in [1.29, 1.82) is 0 Å². The molecular formula is C13H13F2N3O2. The van der Waals surface area contributed by atoms with Gasteiger partial charge in [-0.25, -0.2) is 0 Å². The smallest absolute Gasteiger partial charge is 0.387 e. The van der Waals surface area contributed by atoms with E-state index in [0.717, 1.165) is 12.8 Å². The molecule has 1 atom stereocenters. The van der Waals surface area contributed by atoms with Crippen molar-refractivity contribution in [3.05, 3.63) is 30.1 Å². The molecule has 0 aliphatic heterocycles. The monoisotopic (exact) mass is 281 g/mol. The molecule has 1 fully saturated rings. The molecule has 20 heavy (non-hydrogen) atoms. The van der Waals surface area contributed by atoms with Gasteiger partial charge in [0.25, 0.3) is 5.89 Å². The van der Waals surface area contributed by atoms with Crippen molar-refractivity contribution < 1.29 is 18.0 Å². The lowest BCUT2D eigenvalue weighted by Crippen LogP contribution is -2.13. The summed E-state index contributed by atoms with van der Waals surface area (Å²) in [4.78, 5) is 4.24. The molecule has 2 aromatic rings. The lowest BCUT2D eigenvalue weighted by molar-refractivity contribution is -0.0498. The van der Waals surface area contributed by atoms with Crippen molar-refractivity contribution >= 4 is 0 Å². The first-order chi connectivity index (χ1) is 9.63. The highest BCUT2D eigenvalue weighted by atomic mass is 19.3. The second kappa shape index (κ2) is 5.16. The van der Waals surface area contributed by atoms with E-state index in [1.54, 1.807) is 12.1 Å². The van der Waals surface area contributed by atoms with Crippen LogP contribution in [0.3, 0.4) is 0 Å². The van der Waals surface area contributed by atoms with Gasteiger partial charge < -0.3 is 15.0 Å². The number of hydrogen-bond acceptors (Lipinski definition) is 5. The topological polar surface area (TPSA) is 74.2 Å². The molecular weight excluding hydrogens is 268 g/mol. The standard InChI is InChI=1S/C13H13F2N3O2/c14-13(15)19-9-5-3-8(4-6-9)12-17-11(18-20-12)10(16)7-1-2-7/h3-7,10,13H,1-2,16H2. The number of halogens is 2. The number of nitrogens with zero attached hydrogens (tertiary/aromatic N) is 2. The fraction of sp³-hybridized carbons (Fsp3) is 0.385. The van der Waals surface area contributed by atoms with Crippen LogP contribution in [0.5, 0.6) is 5.75 Å². The van der Waals surface area contributed by atoms with Gasteiger partial charge in [0.1, 0.15) is 5.75 Å². The molecule has 0 saturated heterocycles. The van der Waals surface area contributed by atoms with Crippen molar-refractivity contribution in [2.45, 2.75) is 25.5 Å². The maximum absolute atomic E-state index is 12.0. The van der Waals surface area contributed by atoms with Gasteiger partial charge >= 0.3 is 6.61 Å². The number of hydrogen-bond donors (Lipinski definition) is 1. The number of benzene rings is 1. The van der Waals surface area contributed by atoms with E-state index in [0.29, 0.717) is 23.2 Å². The molecule has 0 spiro atoms. The van der Waals surface area contributed by atoms with Gasteiger partial charge in [0, 0.05) is 5.56 Å². The third-order valence-corrected chi connectivity index (χ3v) is 3.20. The summed E-state index contributed by atoms with van der Waals surface area (Å²) in [5.74, 6) is 1.32. The van der Waals surface area contributed by atoms with Crippen molar-refractivity contribution in [3.8, 4) is 17.2 Å². The minimum absolute atomic E-state index is 0.0816. The van der Waals surface area contributed by atoms with Gasteiger partial charge in [0.2, 0.25) is 0 Å². The second-order valence-electron chi connectivity index (χ2n) is 4.72. The van der Waals surface area contributed by atoms with Gasteiger partial charge in [0.15, 0.2) is 5.82 Å². The van der Waals surface area contributed by atoms with Gasteiger partial charge in [-0.1, -0.05) is 5.16 Å². The van der Waals surface area contributed by atoms with Gasteiger partial charge in [-0.05, 0) is 43.0 Å². The molecule has 1 aliphatic carbocycles. The molecule has 1 aliphatic rings. The van der Waals surface area contributed by atoms with Crippen LogP contribution >= 0.6 is 0 Å². The number of ether oxygens (including phenoxy) is 1. The molecule has 0 radical (unpaired) electrons. The third-order valence-electron chi connectivity index (χ3n) is 3.20. The van der Waals surface area contributed by atoms with Crippen molar-refractivity contribution in [3.63, 3.8) is 0 Å². The number of aromatic nitrogens is 2. The third kappa shape index (κ3) is 2.77. The van der Waals surface area contributed by atoms with Crippen LogP contribution in [0, 0.1) is 5.92 Å². The fourth-order valence-electron chi connectivity index (χ4n) is 1.93. The Labute approximate surface area is 113 Å². The lowest BCUT2D eigenvalue weighted by Gasteiger charge is -2.04. The van der Waals surface area contributed by atoms with Crippen LogP contribution in [0.1, 0.15) is 24.7 Å². The Morgan fingerprint density at radius 1 is 1.25 bits per heavy atom. The van der Waals surface area contributed by atoms with E-state index in [2.05, 4.69) is 14.9 Å². The molecule has 2 N–H and O–H groups in total. The highest BCUT2D eigenvalue weighted by molar-refractivity contribution is 5.54. The molecule has 1 aromatic heterocycles. The Balaban J connectivity index is 1.75. The van der Waals surface area contributed by atoms with Gasteiger partial charge in [0.05, 0.1) is 6.04 Å². The number of nitrogens with two attached hydrogens (primary N) is 1. The molecule has 7 heteroatoms. The van der Waals surface area contributed by atoms with Crippen LogP contribution in [-0.4, -0.2) is 16.8 Å². The predicted molar refractivity (Wildman–Crippen MR) is 66.0 cm³/mol. The summed E-state index contributed by atoms with van der Waals surface area (Å²) in [5.41, 5.74) is 6.62. The molecule has 1 unspecified atom stereocenters. The summed E-state index contributed by atoms with van der Waals surface area (Å²) in [7, 11) is 0. The average molecular weight is 281 g/mol. The predicted octanol–water partition coefficient (Wildman–Crippen LogP) is 2.75. The zero-order chi connectivity index (χ0) is 14.1. The molecule has 0 bridgehead atoms. The maximum atomic E-state index is 12.0. The summed E-state index contributed by atoms with van der Waals surface area (Å²) in [6.45, 7) is -2.84. The summed E-state index contributed by atoms with van der Waals surface area (Å²) in [6.07, 6.45) is 2.18. The highest BCUT2D eigenvalue weighted by Crippen LogP contribution is 2.38. The second-order valence-corrected chi connectivity index (χ2v) is 4.72. The Bertz CT molecular complexity index is 582. The molecule has 1 heterocycles. The fourth-order valence-corrected chi connectivity index (χ4v) is 1.93. The van der Waals surface area contributed by atoms with Crippen LogP contribution < -0.4 is 10.5 Å². The van der Waals surface area contributed by atoms with E-state index in [1.165, 1.54) is 12.1 Å². The first kappa shape index (κ1) is 13.0. The molecule has 0 amide bonds. The van der Waals surface area contributed by atoms with E-state index in [-0.39, 0.29) is 11.8 Å². The van der Waals surface area contributed by atoms with Crippen LogP contribution in [0.25, 0.3) is 11.5 Å². The van der Waals surface area contributed by atoms with E-state index in [4.69, 9.17) is 10.3 Å². The van der Waals surface area contributed by atoms with Crippen molar-refractivity contribution in [1.82, 2.24) is 10.1 Å². The van der Waals surface area contributed by atoms with Gasteiger partial charge in [-0.3, -0.25) is 0 Å². The Kier molecular flexibility index (Phi) is 3.35. The van der Waals surface area contributed by atoms with Crippen molar-refractivity contribution in [2.75, 3.05) is 0 Å². The van der Waals surface area contributed by atoms with Crippen LogP contribution in [0.2, 0.25) is 0 Å². The Morgan fingerprint density at radius 3 is 2.55 bits per heavy atom. The van der Waals surface area contributed by atoms with E-state index < -0.39 is 6.61 Å². The SMILES string of the molecule is NC(c1noc(-c2ccc(OC(F)F)cc2)n1)C1CC1. The normalized spacial score (nSPS) is 16.4. The maximum Gasteiger partial charge on any atom is 0.387 e. The average Bonchev–Trinajstić information content (AvgIpc) is 3.16. The first-order valence-corrected chi connectivity index (χ1v) is 6.28. The van der Waals surface area contributed by atoms with Gasteiger partial charge in [-0.2, -0.15) is 13.8 Å². The molecule has 1 aromatic carbocycles. The van der Waals surface area contributed by atoms with E-state index >= 15 is 0 Å². The van der Waals surface area contributed by atoms with Crippen LogP contribution in [0.15, 0.2) is 28.8 Å². The lowest BCUT2D eigenvalue weighted by atomic mass is 10.2. The minimum Gasteiger partial charge on any atom is -0.435 e. The van der Waals surface area contributed by atoms with E-state index in [1.807, 2.05) is 0 Å². The molecule has 1 saturated carbocycles. The zero-order valence-electron chi connectivity index (χ0n) is 10.5. The number of rotatable bonds is 5. The quantitative estimate of drug-likeness (QED) is 0.912. The summed E-state index contributed by atoms with van der Waals surface area (Å²) in [6, 6.07) is 5.81. The Hall–Kier alpha value is -2.02. The number of alkyl halides is 2. The largest absolute Gasteiger partial charge is 0.435 e. The summed E-state index contributed by atoms with van der Waals surface area (Å²) >= 11 is 0. The first-order valence-electron chi connectivity index (χ1n) is 6.28. The Morgan fingerprint density at radius 2 is 1.95 bits per heavy atom. The van der Waals surface area contributed by atoms with Gasteiger partial charge in [-0.15, -0.1) is 0 Å². The van der Waals surface area contributed by atoms with Crippen LogP contribution in [-0.2, 0) is 0 Å². The summed E-state index contributed by atoms with van der Waals surface area (Å²) < 4.78 is 33.5.